The van der Waals surface area contributed by atoms with Crippen LogP contribution in [0.4, 0.5) is 0 Å². The standard InChI is InChI=1S/C14H18N4O.2ClH/c1-11-2-4-12(5-3-11)13(15)14(19)17-7-9-18-8-6-16-10-18;;/h2-6,8,10,13H,7,9,15H2,1H3,(H,17,19);2*1H. The zero-order valence-electron chi connectivity index (χ0n) is 11.7. The van der Waals surface area contributed by atoms with Crippen LogP contribution in [0.1, 0.15) is 17.2 Å². The van der Waals surface area contributed by atoms with Gasteiger partial charge in [0, 0.05) is 25.5 Å². The number of nitrogens with zero attached hydrogens (tertiary/aromatic N) is 2. The van der Waals surface area contributed by atoms with Crippen molar-refractivity contribution in [1.82, 2.24) is 14.9 Å². The van der Waals surface area contributed by atoms with Crippen molar-refractivity contribution in [3.8, 4) is 0 Å². The van der Waals surface area contributed by atoms with E-state index in [1.54, 1.807) is 12.5 Å². The van der Waals surface area contributed by atoms with Crippen LogP contribution in [0.25, 0.3) is 0 Å². The number of amides is 1. The zero-order chi connectivity index (χ0) is 13.7. The van der Waals surface area contributed by atoms with Gasteiger partial charge in [-0.2, -0.15) is 0 Å². The molecule has 0 aliphatic carbocycles. The first kappa shape index (κ1) is 19.4. The summed E-state index contributed by atoms with van der Waals surface area (Å²) in [5.74, 6) is -0.163. The van der Waals surface area contributed by atoms with Crippen molar-refractivity contribution in [3.63, 3.8) is 0 Å². The number of nitrogens with one attached hydrogen (secondary N) is 1. The fraction of sp³-hybridized carbons (Fsp3) is 0.286. The first-order valence-corrected chi connectivity index (χ1v) is 6.22. The molecule has 0 fully saturated rings. The number of hydrogen-bond acceptors (Lipinski definition) is 3. The third-order valence-corrected chi connectivity index (χ3v) is 2.95. The minimum Gasteiger partial charge on any atom is -0.353 e. The van der Waals surface area contributed by atoms with E-state index in [1.807, 2.05) is 42.0 Å². The lowest BCUT2D eigenvalue weighted by atomic mass is 10.1. The van der Waals surface area contributed by atoms with E-state index in [2.05, 4.69) is 10.3 Å². The van der Waals surface area contributed by atoms with Crippen LogP contribution in [-0.2, 0) is 11.3 Å². The maximum absolute atomic E-state index is 11.9. The van der Waals surface area contributed by atoms with E-state index in [0.717, 1.165) is 11.1 Å². The van der Waals surface area contributed by atoms with Crippen LogP contribution in [0.5, 0.6) is 0 Å². The Bertz CT molecular complexity index is 528. The van der Waals surface area contributed by atoms with Crippen molar-refractivity contribution in [2.75, 3.05) is 6.54 Å². The highest BCUT2D eigenvalue weighted by Gasteiger charge is 2.14. The Morgan fingerprint density at radius 2 is 2.00 bits per heavy atom. The predicted octanol–water partition coefficient (Wildman–Crippen LogP) is 1.85. The molecule has 0 aliphatic heterocycles. The highest BCUT2D eigenvalue weighted by atomic mass is 35.5. The molecule has 3 N–H and O–H groups in total. The van der Waals surface area contributed by atoms with Gasteiger partial charge in [-0.05, 0) is 12.5 Å². The van der Waals surface area contributed by atoms with Crippen LogP contribution in [-0.4, -0.2) is 22.0 Å². The number of carbonyl (C=O) groups is 1. The third-order valence-electron chi connectivity index (χ3n) is 2.95. The maximum atomic E-state index is 11.9. The minimum absolute atomic E-state index is 0. The van der Waals surface area contributed by atoms with Crippen LogP contribution in [0.15, 0.2) is 43.0 Å². The lowest BCUT2D eigenvalue weighted by Crippen LogP contribution is -2.35. The van der Waals surface area contributed by atoms with Gasteiger partial charge in [0.05, 0.1) is 6.33 Å². The molecule has 7 heteroatoms. The van der Waals surface area contributed by atoms with Gasteiger partial charge < -0.3 is 15.6 Å². The van der Waals surface area contributed by atoms with Crippen molar-refractivity contribution in [1.29, 1.82) is 0 Å². The summed E-state index contributed by atoms with van der Waals surface area (Å²) in [6.45, 7) is 3.22. The molecule has 1 aromatic carbocycles. The summed E-state index contributed by atoms with van der Waals surface area (Å²) in [6.07, 6.45) is 5.28. The quantitative estimate of drug-likeness (QED) is 0.878. The molecule has 1 heterocycles. The molecule has 21 heavy (non-hydrogen) atoms. The van der Waals surface area contributed by atoms with E-state index in [-0.39, 0.29) is 30.7 Å². The van der Waals surface area contributed by atoms with Gasteiger partial charge in [0.25, 0.3) is 0 Å². The number of imidazole rings is 1. The number of nitrogens with two attached hydrogens (primary N) is 1. The van der Waals surface area contributed by atoms with Gasteiger partial charge in [-0.15, -0.1) is 24.8 Å². The van der Waals surface area contributed by atoms with Crippen LogP contribution < -0.4 is 11.1 Å². The van der Waals surface area contributed by atoms with E-state index in [1.165, 1.54) is 0 Å². The predicted molar refractivity (Wildman–Crippen MR) is 87.8 cm³/mol. The molecule has 0 saturated carbocycles. The Morgan fingerprint density at radius 3 is 2.57 bits per heavy atom. The summed E-state index contributed by atoms with van der Waals surface area (Å²) >= 11 is 0. The van der Waals surface area contributed by atoms with Crippen LogP contribution >= 0.6 is 24.8 Å². The monoisotopic (exact) mass is 330 g/mol. The molecular formula is C14H20Cl2N4O. The topological polar surface area (TPSA) is 72.9 Å². The number of rotatable bonds is 5. The molecule has 0 radical (unpaired) electrons. The molecule has 116 valence electrons. The van der Waals surface area contributed by atoms with Crippen molar-refractivity contribution >= 4 is 30.7 Å². The second-order valence-electron chi connectivity index (χ2n) is 4.48. The number of aryl methyl sites for hydroxylation is 1. The van der Waals surface area contributed by atoms with Crippen molar-refractivity contribution in [2.24, 2.45) is 5.73 Å². The second-order valence-corrected chi connectivity index (χ2v) is 4.48. The Kier molecular flexibility index (Phi) is 8.69. The summed E-state index contributed by atoms with van der Waals surface area (Å²) in [6, 6.07) is 7.05. The summed E-state index contributed by atoms with van der Waals surface area (Å²) in [5, 5.41) is 2.82. The lowest BCUT2D eigenvalue weighted by Gasteiger charge is -2.13. The number of carbonyl (C=O) groups excluding carboxylic acids is 1. The Balaban J connectivity index is 0.00000200. The molecule has 0 saturated heterocycles. The molecule has 2 rings (SSSR count). The average molecular weight is 331 g/mol. The summed E-state index contributed by atoms with van der Waals surface area (Å²) in [4.78, 5) is 15.8. The first-order valence-electron chi connectivity index (χ1n) is 6.22. The molecule has 0 aliphatic rings. The fourth-order valence-electron chi connectivity index (χ4n) is 1.76. The smallest absolute Gasteiger partial charge is 0.241 e. The SMILES string of the molecule is Cc1ccc(C(N)C(=O)NCCn2ccnc2)cc1.Cl.Cl. The maximum Gasteiger partial charge on any atom is 0.241 e. The molecular weight excluding hydrogens is 311 g/mol. The highest BCUT2D eigenvalue weighted by molar-refractivity contribution is 5.85. The van der Waals surface area contributed by atoms with Crippen LogP contribution in [0.2, 0.25) is 0 Å². The molecule has 2 aromatic rings. The molecule has 0 spiro atoms. The molecule has 0 bridgehead atoms. The van der Waals surface area contributed by atoms with Crippen molar-refractivity contribution in [2.45, 2.75) is 19.5 Å². The van der Waals surface area contributed by atoms with Gasteiger partial charge in [-0.25, -0.2) is 4.98 Å². The average Bonchev–Trinajstić information content (AvgIpc) is 2.92. The Hall–Kier alpha value is -1.56. The number of halogens is 2. The second kappa shape index (κ2) is 9.39. The third kappa shape index (κ3) is 5.75. The molecule has 1 aromatic heterocycles. The van der Waals surface area contributed by atoms with E-state index in [0.29, 0.717) is 13.1 Å². The number of aromatic nitrogens is 2. The zero-order valence-corrected chi connectivity index (χ0v) is 13.4. The minimum atomic E-state index is -0.622. The molecule has 1 atom stereocenters. The van der Waals surface area contributed by atoms with Crippen LogP contribution in [0, 0.1) is 6.92 Å². The Morgan fingerprint density at radius 1 is 1.33 bits per heavy atom. The van der Waals surface area contributed by atoms with Crippen molar-refractivity contribution in [3.05, 3.63) is 54.1 Å². The molecule has 1 amide bonds. The van der Waals surface area contributed by atoms with Gasteiger partial charge in [0.15, 0.2) is 0 Å². The normalized spacial score (nSPS) is 11.0. The first-order chi connectivity index (χ1) is 9.16. The highest BCUT2D eigenvalue weighted by Crippen LogP contribution is 2.11. The van der Waals surface area contributed by atoms with E-state index in [4.69, 9.17) is 5.73 Å². The largest absolute Gasteiger partial charge is 0.353 e. The van der Waals surface area contributed by atoms with Gasteiger partial charge in [-0.3, -0.25) is 4.79 Å². The van der Waals surface area contributed by atoms with Gasteiger partial charge in [0.2, 0.25) is 5.91 Å². The van der Waals surface area contributed by atoms with E-state index < -0.39 is 6.04 Å². The van der Waals surface area contributed by atoms with Gasteiger partial charge >= 0.3 is 0 Å². The lowest BCUT2D eigenvalue weighted by molar-refractivity contribution is -0.122. The van der Waals surface area contributed by atoms with Gasteiger partial charge in [0.1, 0.15) is 6.04 Å². The van der Waals surface area contributed by atoms with Crippen molar-refractivity contribution < 1.29 is 4.79 Å². The molecule has 5 nitrogen and oxygen atoms in total. The summed E-state index contributed by atoms with van der Waals surface area (Å²) in [5.41, 5.74) is 7.89. The number of hydrogen-bond donors (Lipinski definition) is 2. The van der Waals surface area contributed by atoms with E-state index in [9.17, 15) is 4.79 Å². The number of benzene rings is 1. The summed E-state index contributed by atoms with van der Waals surface area (Å²) < 4.78 is 1.90. The van der Waals surface area contributed by atoms with E-state index >= 15 is 0 Å². The Labute approximate surface area is 136 Å². The van der Waals surface area contributed by atoms with Gasteiger partial charge in [-0.1, -0.05) is 29.8 Å². The summed E-state index contributed by atoms with van der Waals surface area (Å²) in [7, 11) is 0. The van der Waals surface area contributed by atoms with Crippen LogP contribution in [0.3, 0.4) is 0 Å². The fourth-order valence-corrected chi connectivity index (χ4v) is 1.76. The molecule has 1 unspecified atom stereocenters.